The Hall–Kier alpha value is -5.62. The van der Waals surface area contributed by atoms with Crippen LogP contribution in [0.2, 0.25) is 0 Å². The number of aromatic nitrogens is 4. The Morgan fingerprint density at radius 2 is 1.80 bits per heavy atom. The summed E-state index contributed by atoms with van der Waals surface area (Å²) in [6.45, 7) is 15.8. The molecule has 0 spiro atoms. The van der Waals surface area contributed by atoms with Crippen LogP contribution in [0.15, 0.2) is 70.7 Å². The summed E-state index contributed by atoms with van der Waals surface area (Å²) in [5.74, 6) is 0.887. The number of fused-ring (bicyclic) bond motifs is 3. The number of ether oxygens (including phenoxy) is 1. The van der Waals surface area contributed by atoms with Gasteiger partial charge < -0.3 is 39.9 Å². The fraction of sp³-hybridized carbons (Fsp3) is 0.500. The first-order valence-electron chi connectivity index (χ1n) is 23.0. The average Bonchev–Trinajstić information content (AvgIpc) is 4.07. The second kappa shape index (κ2) is 19.5. The zero-order valence-electron chi connectivity index (χ0n) is 37.6. The van der Waals surface area contributed by atoms with E-state index in [1.165, 1.54) is 4.90 Å². The smallest absolute Gasteiger partial charge is 0.254 e. The summed E-state index contributed by atoms with van der Waals surface area (Å²) in [5.41, 5.74) is 7.23. The van der Waals surface area contributed by atoms with Crippen molar-refractivity contribution in [1.29, 1.82) is 0 Å². The lowest BCUT2D eigenvalue weighted by molar-refractivity contribution is -0.141. The maximum atomic E-state index is 14.2. The van der Waals surface area contributed by atoms with Gasteiger partial charge in [-0.25, -0.2) is 4.98 Å². The number of rotatable bonds is 14. The monoisotopic (exact) mass is 904 g/mol. The molecule has 0 saturated carbocycles. The number of aryl methyl sites for hydroxylation is 1. The quantitative estimate of drug-likeness (QED) is 0.109. The predicted molar refractivity (Wildman–Crippen MR) is 249 cm³/mol. The molecule has 4 N–H and O–H groups in total. The largest absolute Gasteiger partial charge is 0.507 e. The average molecular weight is 905 g/mol. The highest BCUT2D eigenvalue weighted by molar-refractivity contribution is 7.13. The van der Waals surface area contributed by atoms with Gasteiger partial charge in [0.25, 0.3) is 5.88 Å². The first kappa shape index (κ1) is 44.6. The Morgan fingerprint density at radius 1 is 1.00 bits per heavy atom. The van der Waals surface area contributed by atoms with E-state index >= 15 is 0 Å². The van der Waals surface area contributed by atoms with Crippen LogP contribution in [-0.4, -0.2) is 141 Å². The van der Waals surface area contributed by atoms with Crippen molar-refractivity contribution in [3.05, 3.63) is 83.2 Å². The maximum Gasteiger partial charge on any atom is 0.254 e. The molecule has 5 aromatic rings. The molecule has 3 saturated heterocycles. The van der Waals surface area contributed by atoms with Gasteiger partial charge in [-0.05, 0) is 86.1 Å². The zero-order valence-corrected chi connectivity index (χ0v) is 38.4. The van der Waals surface area contributed by atoms with E-state index in [1.54, 1.807) is 23.5 Å². The van der Waals surface area contributed by atoms with Gasteiger partial charge in [0.05, 0.1) is 45.7 Å². The second-order valence-corrected chi connectivity index (χ2v) is 19.3. The summed E-state index contributed by atoms with van der Waals surface area (Å²) in [7, 11) is 0. The lowest BCUT2D eigenvalue weighted by atomic mass is 9.91. The van der Waals surface area contributed by atoms with Gasteiger partial charge in [-0.1, -0.05) is 50.2 Å². The molecular formula is C48H60N10O6S. The van der Waals surface area contributed by atoms with Gasteiger partial charge in [-0.2, -0.15) is 0 Å². The third-order valence-electron chi connectivity index (χ3n) is 13.6. The van der Waals surface area contributed by atoms with Gasteiger partial charge in [0.2, 0.25) is 11.8 Å². The molecule has 3 aromatic heterocycles. The molecule has 0 bridgehead atoms. The summed E-state index contributed by atoms with van der Waals surface area (Å²) in [6.07, 6.45) is 1.60. The Bertz CT molecular complexity index is 2440. The number of β-amino-alcohol motifs (C(OH)–C–C–N with tert-alkyl or cyclic N) is 1. The number of piperidine rings is 1. The molecule has 2 amide bonds. The Labute approximate surface area is 384 Å². The molecule has 16 nitrogen and oxygen atoms in total. The SMILES string of the molecule is Cc1ncsc1-c1ccc([C@H](C)NC(=O)[C@@H]2C[C@@H](O)CN2C(=O)[C@H](c2cc(OCCN3CCC(CN4CCN5c6cc(-c7ccccc7O)nnc6NCC5C4)CC3)no2)C(C)C)cc1. The Morgan fingerprint density at radius 3 is 2.55 bits per heavy atom. The highest BCUT2D eigenvalue weighted by Gasteiger charge is 2.44. The number of phenolic OH excluding ortho intramolecular Hbond substituents is 1. The first-order valence-corrected chi connectivity index (χ1v) is 23.9. The van der Waals surface area contributed by atoms with Crippen molar-refractivity contribution in [1.82, 2.24) is 40.4 Å². The third-order valence-corrected chi connectivity index (χ3v) is 14.6. The van der Waals surface area contributed by atoms with Gasteiger partial charge in [-0.3, -0.25) is 19.4 Å². The van der Waals surface area contributed by atoms with Crippen molar-refractivity contribution in [3.8, 4) is 33.3 Å². The zero-order chi connectivity index (χ0) is 45.2. The van der Waals surface area contributed by atoms with Gasteiger partial charge in [0.1, 0.15) is 24.3 Å². The van der Waals surface area contributed by atoms with Crippen LogP contribution in [-0.2, 0) is 9.59 Å². The number of hydrogen-bond donors (Lipinski definition) is 4. The summed E-state index contributed by atoms with van der Waals surface area (Å²) < 4.78 is 11.8. The van der Waals surface area contributed by atoms with E-state index in [0.717, 1.165) is 98.4 Å². The van der Waals surface area contributed by atoms with Crippen LogP contribution >= 0.6 is 11.3 Å². The number of amides is 2. The Balaban J connectivity index is 0.725. The number of carbonyl (C=O) groups is 2. The molecule has 4 aliphatic heterocycles. The summed E-state index contributed by atoms with van der Waals surface area (Å²) in [4.78, 5) is 42.4. The molecule has 2 aromatic carbocycles. The molecule has 0 aliphatic carbocycles. The van der Waals surface area contributed by atoms with Crippen molar-refractivity contribution in [2.45, 2.75) is 77.1 Å². The normalized spacial score (nSPS) is 21.4. The van der Waals surface area contributed by atoms with E-state index < -0.39 is 18.1 Å². The number of phenols is 1. The predicted octanol–water partition coefficient (Wildman–Crippen LogP) is 5.56. The first-order chi connectivity index (χ1) is 31.5. The number of aliphatic hydroxyl groups excluding tert-OH is 1. The number of piperazine rings is 1. The van der Waals surface area contributed by atoms with E-state index in [9.17, 15) is 19.8 Å². The summed E-state index contributed by atoms with van der Waals surface area (Å²) in [6, 6.07) is 18.3. The summed E-state index contributed by atoms with van der Waals surface area (Å²) in [5, 5.41) is 40.7. The van der Waals surface area contributed by atoms with Gasteiger partial charge in [0.15, 0.2) is 11.6 Å². The molecule has 65 heavy (non-hydrogen) atoms. The van der Waals surface area contributed by atoms with Crippen molar-refractivity contribution in [3.63, 3.8) is 0 Å². The van der Waals surface area contributed by atoms with Gasteiger partial charge >= 0.3 is 0 Å². The molecule has 344 valence electrons. The number of benzene rings is 2. The number of nitrogens with one attached hydrogen (secondary N) is 2. The number of para-hydroxylation sites is 1. The second-order valence-electron chi connectivity index (χ2n) is 18.4. The third kappa shape index (κ3) is 9.83. The van der Waals surface area contributed by atoms with Crippen LogP contribution in [0.25, 0.3) is 21.7 Å². The van der Waals surface area contributed by atoms with Crippen LogP contribution in [0, 0.1) is 18.8 Å². The van der Waals surface area contributed by atoms with E-state index in [0.29, 0.717) is 41.5 Å². The maximum absolute atomic E-state index is 14.2. The van der Waals surface area contributed by atoms with Crippen molar-refractivity contribution >= 4 is 34.7 Å². The van der Waals surface area contributed by atoms with Crippen LogP contribution in [0.5, 0.6) is 11.6 Å². The lowest BCUT2D eigenvalue weighted by Crippen LogP contribution is -2.58. The number of nitrogens with zero attached hydrogens (tertiary/aromatic N) is 8. The number of likely N-dealkylation sites (tertiary alicyclic amines) is 2. The minimum Gasteiger partial charge on any atom is -0.507 e. The van der Waals surface area contributed by atoms with E-state index in [1.807, 2.05) is 81.7 Å². The van der Waals surface area contributed by atoms with Crippen molar-refractivity contribution in [2.75, 3.05) is 75.7 Å². The number of carbonyl (C=O) groups excluding carboxylic acids is 2. The molecule has 9 rings (SSSR count). The summed E-state index contributed by atoms with van der Waals surface area (Å²) >= 11 is 1.59. The minimum atomic E-state index is -0.817. The number of hydrogen-bond acceptors (Lipinski definition) is 15. The van der Waals surface area contributed by atoms with E-state index in [2.05, 4.69) is 45.7 Å². The minimum absolute atomic E-state index is 0.0643. The van der Waals surface area contributed by atoms with Crippen LogP contribution in [0.4, 0.5) is 11.5 Å². The standard InChI is InChI=1S/C48H60N10O6S/c1-29(2)44(48(62)58-27-36(59)21-40(58)47(61)51-30(3)33-9-11-34(12-10-33)45-31(4)50-28-65-45)42-23-43(54-64-42)63-20-19-55-15-13-32(14-16-55)25-56-17-18-57-35(26-56)24-49-46-39(57)22-38(52-53-46)37-7-5-6-8-41(37)60/h5-12,22-23,28-30,32,35-36,40,44,59-60H,13-21,24-27H2,1-4H3,(H,49,53)(H,51,61)/t30-,35?,36+,40-,44-/m0/s1. The van der Waals surface area contributed by atoms with Gasteiger partial charge in [-0.15, -0.1) is 21.5 Å². The van der Waals surface area contributed by atoms with Gasteiger partial charge in [0, 0.05) is 63.9 Å². The topological polar surface area (TPSA) is 186 Å². The lowest BCUT2D eigenvalue weighted by Gasteiger charge is -2.47. The number of aliphatic hydroxyl groups is 1. The molecule has 4 aliphatic rings. The fourth-order valence-corrected chi connectivity index (χ4v) is 10.8. The molecule has 17 heteroatoms. The van der Waals surface area contributed by atoms with Crippen LogP contribution in [0.1, 0.15) is 69.0 Å². The van der Waals surface area contributed by atoms with E-state index in [4.69, 9.17) is 9.26 Å². The molecular weight excluding hydrogens is 845 g/mol. The number of aromatic hydroxyl groups is 1. The van der Waals surface area contributed by atoms with Crippen molar-refractivity contribution < 1.29 is 29.1 Å². The molecule has 7 heterocycles. The molecule has 5 atom stereocenters. The Kier molecular flexibility index (Phi) is 13.3. The number of thiazole rings is 1. The highest BCUT2D eigenvalue weighted by Crippen LogP contribution is 2.37. The van der Waals surface area contributed by atoms with Crippen LogP contribution < -0.4 is 20.3 Å². The van der Waals surface area contributed by atoms with Crippen LogP contribution in [0.3, 0.4) is 0 Å². The number of anilines is 2. The van der Waals surface area contributed by atoms with Crippen molar-refractivity contribution in [2.24, 2.45) is 11.8 Å². The highest BCUT2D eigenvalue weighted by atomic mass is 32.1. The van der Waals surface area contributed by atoms with E-state index in [-0.39, 0.29) is 42.5 Å². The fourth-order valence-electron chi connectivity index (χ4n) is 9.98. The molecule has 3 fully saturated rings. The molecule has 0 radical (unpaired) electrons. The molecule has 1 unspecified atom stereocenters.